The van der Waals surface area contributed by atoms with Crippen LogP contribution in [0.2, 0.25) is 77.1 Å². The number of ether oxygens (including phenoxy) is 7. The molecule has 0 N–H and O–H groups in total. The van der Waals surface area contributed by atoms with E-state index in [1.807, 2.05) is 25.4 Å². The Kier molecular flexibility index (Phi) is 25.5. The minimum atomic E-state index is -1.27. The summed E-state index contributed by atoms with van der Waals surface area (Å²) in [5.41, 5.74) is 2.08. The topological polar surface area (TPSA) is 88.2 Å². The maximum absolute atomic E-state index is 13.7. The molecular formula is C37H69I2LiN2O8Si3. The van der Waals surface area contributed by atoms with E-state index in [0.29, 0.717) is 31.0 Å². The number of allylic oxidation sites excluding steroid dienone is 2. The first-order chi connectivity index (χ1) is 24.5. The van der Waals surface area contributed by atoms with Crippen LogP contribution < -0.4 is 0 Å². The molecule has 0 aromatic rings. The van der Waals surface area contributed by atoms with E-state index in [1.54, 1.807) is 0 Å². The summed E-state index contributed by atoms with van der Waals surface area (Å²) in [6, 6.07) is 3.25. The van der Waals surface area contributed by atoms with Gasteiger partial charge < -0.3 is 43.0 Å². The summed E-state index contributed by atoms with van der Waals surface area (Å²) >= 11 is 4.76. The second-order valence-electron chi connectivity index (χ2n) is 16.8. The molecule has 0 saturated carbocycles. The van der Waals surface area contributed by atoms with Crippen LogP contribution in [-0.2, 0) is 38.0 Å². The van der Waals surface area contributed by atoms with Crippen molar-refractivity contribution in [3.63, 3.8) is 0 Å². The fraction of sp³-hybridized carbons (Fsp3) is 0.757. The summed E-state index contributed by atoms with van der Waals surface area (Å²) in [5.74, 6) is 0.0242. The fourth-order valence-corrected chi connectivity index (χ4v) is 8.66. The van der Waals surface area contributed by atoms with Gasteiger partial charge in [0.05, 0.1) is 30.2 Å². The number of hydrogen-bond donors (Lipinski definition) is 0. The van der Waals surface area contributed by atoms with Crippen LogP contribution in [0.15, 0.2) is 47.3 Å². The number of carbonyl (C=O) groups is 1. The molecule has 2 aliphatic rings. The first-order valence-electron chi connectivity index (χ1n) is 18.7. The van der Waals surface area contributed by atoms with Crippen molar-refractivity contribution in [1.29, 1.82) is 0 Å². The van der Waals surface area contributed by atoms with Crippen molar-refractivity contribution in [2.24, 2.45) is 0 Å². The van der Waals surface area contributed by atoms with Crippen LogP contribution in [0.5, 0.6) is 0 Å². The number of nitrogens with zero attached hydrogens (tertiary/aromatic N) is 2. The van der Waals surface area contributed by atoms with Crippen molar-refractivity contribution >= 4 is 94.2 Å². The third-order valence-corrected chi connectivity index (χ3v) is 15.5. The van der Waals surface area contributed by atoms with Crippen molar-refractivity contribution in [2.45, 2.75) is 109 Å². The van der Waals surface area contributed by atoms with Crippen LogP contribution in [0.4, 0.5) is 0 Å². The van der Waals surface area contributed by atoms with E-state index in [2.05, 4.69) is 120 Å². The molecule has 0 aliphatic carbocycles. The van der Waals surface area contributed by atoms with E-state index in [-0.39, 0.29) is 58.1 Å². The molecule has 16 heteroatoms. The molecule has 53 heavy (non-hydrogen) atoms. The van der Waals surface area contributed by atoms with Gasteiger partial charge in [-0.3, -0.25) is 0 Å². The SMILES string of the molecule is CCOC(=O)C1=C2C(=CC=CN2CCC(CI)OCOCC[Si](C)(C)C)N(CCC(CI)OCOCC[Si](C)(C)C)C=C1OCOCC[Si](C)(C)C.[LiH]. The Morgan fingerprint density at radius 3 is 1.66 bits per heavy atom. The van der Waals surface area contributed by atoms with Crippen LogP contribution in [0.25, 0.3) is 0 Å². The number of rotatable bonds is 28. The first-order valence-corrected chi connectivity index (χ1v) is 32.9. The zero-order valence-electron chi connectivity index (χ0n) is 33.7. The Morgan fingerprint density at radius 1 is 0.736 bits per heavy atom. The van der Waals surface area contributed by atoms with Gasteiger partial charge in [0.25, 0.3) is 0 Å². The number of hydrogen-bond acceptors (Lipinski definition) is 10. The summed E-state index contributed by atoms with van der Waals surface area (Å²) in [4.78, 5) is 18.0. The van der Waals surface area contributed by atoms with Gasteiger partial charge >= 0.3 is 24.8 Å². The van der Waals surface area contributed by atoms with Gasteiger partial charge in [-0.1, -0.05) is 104 Å². The van der Waals surface area contributed by atoms with E-state index in [1.165, 1.54) is 0 Å². The van der Waals surface area contributed by atoms with Crippen molar-refractivity contribution in [2.75, 3.05) is 68.8 Å². The number of halogens is 2. The third kappa shape index (κ3) is 21.6. The maximum atomic E-state index is 13.7. The van der Waals surface area contributed by atoms with E-state index < -0.39 is 30.2 Å². The van der Waals surface area contributed by atoms with Crippen LogP contribution in [-0.4, -0.2) is 140 Å². The molecule has 0 radical (unpaired) electrons. The van der Waals surface area contributed by atoms with Crippen molar-refractivity contribution in [1.82, 2.24) is 9.80 Å². The summed E-state index contributed by atoms with van der Waals surface area (Å²) in [5, 5.41) is 0. The Bertz CT molecular complexity index is 1210. The molecule has 302 valence electrons. The molecular weight excluding hydrogens is 945 g/mol. The number of alkyl halides is 2. The molecule has 10 nitrogen and oxygen atoms in total. The summed E-state index contributed by atoms with van der Waals surface area (Å²) < 4.78 is 43.6. The molecule has 2 aliphatic heterocycles. The molecule has 0 aromatic carbocycles. The molecule has 0 aromatic heterocycles. The summed E-state index contributed by atoms with van der Waals surface area (Å²) in [6.07, 6.45) is 9.56. The molecule has 2 rings (SSSR count). The fourth-order valence-electron chi connectivity index (χ4n) is 5.00. The molecule has 0 fully saturated rings. The van der Waals surface area contributed by atoms with Crippen LogP contribution in [0.1, 0.15) is 19.8 Å². The van der Waals surface area contributed by atoms with Gasteiger partial charge in [0.2, 0.25) is 0 Å². The van der Waals surface area contributed by atoms with Crippen molar-refractivity contribution in [3.8, 4) is 0 Å². The Balaban J connectivity index is 0.0000140. The molecule has 0 spiro atoms. The van der Waals surface area contributed by atoms with E-state index >= 15 is 0 Å². The Hall–Kier alpha value is 0.338. The van der Waals surface area contributed by atoms with Crippen LogP contribution in [0.3, 0.4) is 0 Å². The molecule has 2 unspecified atom stereocenters. The molecule has 0 amide bonds. The second-order valence-corrected chi connectivity index (χ2v) is 35.5. The van der Waals surface area contributed by atoms with Gasteiger partial charge in [-0.2, -0.15) is 0 Å². The van der Waals surface area contributed by atoms with Gasteiger partial charge in [0.1, 0.15) is 19.2 Å². The first kappa shape index (κ1) is 51.4. The second kappa shape index (κ2) is 26.4. The molecule has 0 bridgehead atoms. The van der Waals surface area contributed by atoms with Gasteiger partial charge in [-0.25, -0.2) is 4.79 Å². The van der Waals surface area contributed by atoms with E-state index in [4.69, 9.17) is 33.2 Å². The van der Waals surface area contributed by atoms with Crippen molar-refractivity contribution in [3.05, 3.63) is 47.3 Å². The van der Waals surface area contributed by atoms with Gasteiger partial charge in [0.15, 0.2) is 12.6 Å². The minimum absolute atomic E-state index is 0. The number of fused-ring (bicyclic) bond motifs is 1. The predicted molar refractivity (Wildman–Crippen MR) is 244 cm³/mol. The third-order valence-electron chi connectivity index (χ3n) is 8.38. The van der Waals surface area contributed by atoms with Crippen molar-refractivity contribution < 1.29 is 38.0 Å². The normalized spacial score (nSPS) is 16.2. The summed E-state index contributed by atoms with van der Waals surface area (Å²) in [6.45, 7) is 27.1. The number of esters is 1. The average Bonchev–Trinajstić information content (AvgIpc) is 3.05. The zero-order chi connectivity index (χ0) is 38.8. The van der Waals surface area contributed by atoms with E-state index in [9.17, 15) is 4.79 Å². The Labute approximate surface area is 364 Å². The standard InChI is InChI=1S/C37H68I2N2O8Si3.Li.H/c1-11-46-37(42)35-34(49-30-45-21-24-52(8,9)10)27-41(18-15-32(26-39)48-29-44-20-23-51(5,6)7)33-13-12-16-40(36(33)35)17-14-31(25-38)47-28-43-19-22-50(2,3)4;;/h12-13,16,27,31-32H,11,14-15,17-26,28-30H2,1-10H3;;. The average molecular weight is 1010 g/mol. The van der Waals surface area contributed by atoms with Gasteiger partial charge in [-0.05, 0) is 50.0 Å². The van der Waals surface area contributed by atoms with Crippen LogP contribution >= 0.6 is 45.2 Å². The number of carbonyl (C=O) groups excluding carboxylic acids is 1. The molecule has 2 heterocycles. The van der Waals surface area contributed by atoms with E-state index in [0.717, 1.165) is 64.4 Å². The molecule has 0 saturated heterocycles. The molecule has 2 atom stereocenters. The van der Waals surface area contributed by atoms with Crippen LogP contribution in [0, 0.1) is 0 Å². The predicted octanol–water partition coefficient (Wildman–Crippen LogP) is 8.40. The van der Waals surface area contributed by atoms with Gasteiger partial charge in [0, 0.05) is 78.4 Å². The zero-order valence-corrected chi connectivity index (χ0v) is 41.0. The monoisotopic (exact) mass is 1010 g/mol. The van der Waals surface area contributed by atoms with Gasteiger partial charge in [-0.15, -0.1) is 0 Å². The quantitative estimate of drug-likeness (QED) is 0.0190. The Morgan fingerprint density at radius 2 is 1.21 bits per heavy atom. The summed E-state index contributed by atoms with van der Waals surface area (Å²) in [7, 11) is -3.59.